The predicted octanol–water partition coefficient (Wildman–Crippen LogP) is 3.83. The lowest BCUT2D eigenvalue weighted by molar-refractivity contribution is -0.271. The molecular formula is C19H18Cl2F3N5O2. The average Bonchev–Trinajstić information content (AvgIpc) is 3.13. The number of aryl methyl sites for hydroxylation is 2. The molecule has 166 valence electrons. The summed E-state index contributed by atoms with van der Waals surface area (Å²) in [5.41, 5.74) is -2.64. The molecule has 1 aromatic carbocycles. The van der Waals surface area contributed by atoms with Gasteiger partial charge in [0.05, 0.1) is 17.6 Å². The number of hydrogen-bond acceptors (Lipinski definition) is 5. The Hall–Kier alpha value is -2.56. The van der Waals surface area contributed by atoms with Gasteiger partial charge in [0.25, 0.3) is 5.56 Å². The van der Waals surface area contributed by atoms with Crippen molar-refractivity contribution in [2.45, 2.75) is 25.1 Å². The van der Waals surface area contributed by atoms with Crippen LogP contribution in [0.4, 0.5) is 18.9 Å². The van der Waals surface area contributed by atoms with E-state index in [0.717, 1.165) is 21.0 Å². The van der Waals surface area contributed by atoms with Gasteiger partial charge in [0, 0.05) is 37.4 Å². The van der Waals surface area contributed by atoms with Crippen LogP contribution < -0.4 is 10.9 Å². The molecule has 0 aliphatic heterocycles. The Morgan fingerprint density at radius 3 is 2.55 bits per heavy atom. The second kappa shape index (κ2) is 8.52. The molecule has 0 saturated carbocycles. The van der Waals surface area contributed by atoms with E-state index in [1.807, 2.05) is 0 Å². The van der Waals surface area contributed by atoms with E-state index in [9.17, 15) is 23.1 Å². The normalized spacial score (nSPS) is 13.8. The highest BCUT2D eigenvalue weighted by atomic mass is 35.5. The molecule has 0 bridgehead atoms. The van der Waals surface area contributed by atoms with Crippen molar-refractivity contribution in [3.8, 4) is 5.69 Å². The van der Waals surface area contributed by atoms with Crippen LogP contribution in [0, 0.1) is 6.92 Å². The van der Waals surface area contributed by atoms with E-state index in [0.29, 0.717) is 10.7 Å². The van der Waals surface area contributed by atoms with E-state index >= 15 is 0 Å². The highest BCUT2D eigenvalue weighted by Crippen LogP contribution is 2.40. The van der Waals surface area contributed by atoms with Gasteiger partial charge < -0.3 is 15.0 Å². The zero-order valence-corrected chi connectivity index (χ0v) is 17.9. The van der Waals surface area contributed by atoms with Crippen molar-refractivity contribution in [1.29, 1.82) is 0 Å². The number of rotatable bonds is 6. The fourth-order valence-electron chi connectivity index (χ4n) is 2.98. The number of hydrogen-bond donors (Lipinski definition) is 2. The summed E-state index contributed by atoms with van der Waals surface area (Å²) in [6.45, 7) is 1.44. The number of nitrogens with zero attached hydrogens (tertiary/aromatic N) is 4. The van der Waals surface area contributed by atoms with Crippen molar-refractivity contribution >= 4 is 28.9 Å². The predicted molar refractivity (Wildman–Crippen MR) is 111 cm³/mol. The Morgan fingerprint density at radius 1 is 1.26 bits per heavy atom. The lowest BCUT2D eigenvalue weighted by Crippen LogP contribution is -2.45. The molecule has 1 atom stereocenters. The van der Waals surface area contributed by atoms with E-state index < -0.39 is 29.6 Å². The van der Waals surface area contributed by atoms with Crippen molar-refractivity contribution in [2.75, 3.05) is 11.9 Å². The van der Waals surface area contributed by atoms with Crippen LogP contribution in [0.1, 0.15) is 17.8 Å². The second-order valence-electron chi connectivity index (χ2n) is 6.92. The van der Waals surface area contributed by atoms with Gasteiger partial charge in [-0.15, -0.1) is 0 Å². The Balaban J connectivity index is 1.82. The molecule has 2 N–H and O–H groups in total. The lowest BCUT2D eigenvalue weighted by atomic mass is 9.97. The van der Waals surface area contributed by atoms with Gasteiger partial charge in [0.2, 0.25) is 5.60 Å². The highest BCUT2D eigenvalue weighted by molar-refractivity contribution is 6.33. The van der Waals surface area contributed by atoms with Crippen molar-refractivity contribution in [1.82, 2.24) is 19.3 Å². The molecule has 1 unspecified atom stereocenters. The molecule has 2 heterocycles. The molecule has 31 heavy (non-hydrogen) atoms. The van der Waals surface area contributed by atoms with Crippen LogP contribution in [-0.4, -0.2) is 37.2 Å². The first kappa shape index (κ1) is 23.1. The Bertz CT molecular complexity index is 1160. The summed E-state index contributed by atoms with van der Waals surface area (Å²) in [6, 6.07) is 4.89. The summed E-state index contributed by atoms with van der Waals surface area (Å²) in [5.74, 6) is -0.544. The zero-order chi connectivity index (χ0) is 23.0. The summed E-state index contributed by atoms with van der Waals surface area (Å²) >= 11 is 12.2. The van der Waals surface area contributed by atoms with E-state index in [1.165, 1.54) is 19.4 Å². The minimum atomic E-state index is -4.97. The van der Waals surface area contributed by atoms with Crippen molar-refractivity contribution < 1.29 is 18.3 Å². The van der Waals surface area contributed by atoms with Gasteiger partial charge in [-0.1, -0.05) is 29.3 Å². The van der Waals surface area contributed by atoms with Crippen molar-refractivity contribution in [3.05, 3.63) is 68.6 Å². The highest BCUT2D eigenvalue weighted by Gasteiger charge is 2.57. The number of aliphatic hydroxyl groups is 1. The summed E-state index contributed by atoms with van der Waals surface area (Å²) in [6.07, 6.45) is -2.06. The molecule has 12 heteroatoms. The van der Waals surface area contributed by atoms with Crippen LogP contribution in [-0.2, 0) is 12.6 Å². The summed E-state index contributed by atoms with van der Waals surface area (Å²) in [4.78, 5) is 16.2. The first-order valence-corrected chi connectivity index (χ1v) is 9.76. The van der Waals surface area contributed by atoms with E-state index in [4.69, 9.17) is 23.2 Å². The monoisotopic (exact) mass is 475 g/mol. The number of anilines is 1. The summed E-state index contributed by atoms with van der Waals surface area (Å²) < 4.78 is 42.9. The topological polar surface area (TPSA) is 85.0 Å². The molecule has 7 nitrogen and oxygen atoms in total. The Kier molecular flexibility index (Phi) is 6.35. The van der Waals surface area contributed by atoms with Gasteiger partial charge >= 0.3 is 6.18 Å². The molecular weight excluding hydrogens is 458 g/mol. The number of halogens is 5. The van der Waals surface area contributed by atoms with Crippen LogP contribution in [0.15, 0.2) is 41.6 Å². The molecule has 0 amide bonds. The number of imidazole rings is 1. The average molecular weight is 476 g/mol. The third-order valence-corrected chi connectivity index (χ3v) is 5.55. The van der Waals surface area contributed by atoms with E-state index in [1.54, 1.807) is 25.1 Å². The van der Waals surface area contributed by atoms with Gasteiger partial charge in [-0.3, -0.25) is 4.79 Å². The maximum absolute atomic E-state index is 13.6. The van der Waals surface area contributed by atoms with Crippen LogP contribution in [0.5, 0.6) is 0 Å². The summed E-state index contributed by atoms with van der Waals surface area (Å²) in [5, 5.41) is 17.2. The van der Waals surface area contributed by atoms with E-state index in [2.05, 4.69) is 15.4 Å². The SMILES string of the molecule is Cc1ccc(-n2ncc(NCCC(O)(c3nccn3C)C(F)(F)F)c(Cl)c2=O)cc1Cl. The number of alkyl halides is 3. The molecule has 3 rings (SSSR count). The first-order valence-electron chi connectivity index (χ1n) is 9.01. The summed E-state index contributed by atoms with van der Waals surface area (Å²) in [7, 11) is 1.35. The number of aromatic nitrogens is 4. The fraction of sp³-hybridized carbons (Fsp3) is 0.316. The number of benzene rings is 1. The minimum Gasteiger partial charge on any atom is -0.382 e. The smallest absolute Gasteiger partial charge is 0.382 e. The van der Waals surface area contributed by atoms with Crippen LogP contribution >= 0.6 is 23.2 Å². The van der Waals surface area contributed by atoms with Crippen LogP contribution in [0.25, 0.3) is 5.69 Å². The molecule has 0 radical (unpaired) electrons. The maximum atomic E-state index is 13.6. The molecule has 3 aromatic rings. The quantitative estimate of drug-likeness (QED) is 0.565. The van der Waals surface area contributed by atoms with Crippen LogP contribution in [0.2, 0.25) is 10.0 Å². The van der Waals surface area contributed by atoms with Gasteiger partial charge in [-0.2, -0.15) is 23.0 Å². The molecule has 2 aromatic heterocycles. The van der Waals surface area contributed by atoms with Gasteiger partial charge in [-0.05, 0) is 24.6 Å². The third-order valence-electron chi connectivity index (χ3n) is 4.78. The molecule has 0 aliphatic carbocycles. The first-order chi connectivity index (χ1) is 14.5. The Labute approximate surface area is 185 Å². The maximum Gasteiger partial charge on any atom is 0.424 e. The largest absolute Gasteiger partial charge is 0.424 e. The van der Waals surface area contributed by atoms with Crippen LogP contribution in [0.3, 0.4) is 0 Å². The van der Waals surface area contributed by atoms with E-state index in [-0.39, 0.29) is 17.3 Å². The fourth-order valence-corrected chi connectivity index (χ4v) is 3.35. The third kappa shape index (κ3) is 4.41. The van der Waals surface area contributed by atoms with Gasteiger partial charge in [0.1, 0.15) is 10.8 Å². The standard InChI is InChI=1S/C19H18Cl2F3N5O2/c1-11-3-4-12(9-13(11)20)29-16(30)15(21)14(10-27-29)25-6-5-18(31,19(22,23)24)17-26-7-8-28(17)2/h3-4,7-10,25,31H,5-6H2,1-2H3. The lowest BCUT2D eigenvalue weighted by Gasteiger charge is -2.30. The Morgan fingerprint density at radius 2 is 1.97 bits per heavy atom. The molecule has 0 fully saturated rings. The second-order valence-corrected chi connectivity index (χ2v) is 7.70. The van der Waals surface area contributed by atoms with Gasteiger partial charge in [-0.25, -0.2) is 4.98 Å². The molecule has 0 saturated heterocycles. The van der Waals surface area contributed by atoms with Crippen molar-refractivity contribution in [2.24, 2.45) is 7.05 Å². The minimum absolute atomic E-state index is 0.0329. The molecule has 0 spiro atoms. The van der Waals surface area contributed by atoms with Gasteiger partial charge in [0.15, 0.2) is 0 Å². The molecule has 0 aliphatic rings. The number of nitrogens with one attached hydrogen (secondary N) is 1. The zero-order valence-electron chi connectivity index (χ0n) is 16.4. The van der Waals surface area contributed by atoms with Crippen molar-refractivity contribution in [3.63, 3.8) is 0 Å².